The van der Waals surface area contributed by atoms with Gasteiger partial charge < -0.3 is 5.73 Å². The first-order valence-electron chi connectivity index (χ1n) is 5.14. The molecule has 1 nitrogen and oxygen atoms in total. The van der Waals surface area contributed by atoms with E-state index < -0.39 is 0 Å². The molecule has 0 heterocycles. The van der Waals surface area contributed by atoms with E-state index in [1.807, 2.05) is 0 Å². The summed E-state index contributed by atoms with van der Waals surface area (Å²) >= 11 is 0. The highest BCUT2D eigenvalue weighted by Crippen LogP contribution is 2.31. The highest BCUT2D eigenvalue weighted by atomic mass is 14.7. The summed E-state index contributed by atoms with van der Waals surface area (Å²) < 4.78 is 0. The standard InChI is InChI=1S/C11H21N/c1-4-9-7-6-8(3)11(12)10(9)5-2/h6-11H,4-5,12H2,1-3H3. The minimum atomic E-state index is 0.380. The molecule has 1 rings (SSSR count). The third kappa shape index (κ3) is 1.71. The molecule has 0 aromatic heterocycles. The van der Waals surface area contributed by atoms with Gasteiger partial charge in [-0.25, -0.2) is 0 Å². The number of rotatable bonds is 2. The molecule has 0 amide bonds. The number of hydrogen-bond donors (Lipinski definition) is 1. The Morgan fingerprint density at radius 2 is 1.83 bits per heavy atom. The lowest BCUT2D eigenvalue weighted by Crippen LogP contribution is -2.41. The molecular weight excluding hydrogens is 146 g/mol. The largest absolute Gasteiger partial charge is 0.327 e. The van der Waals surface area contributed by atoms with E-state index in [0.29, 0.717) is 17.9 Å². The monoisotopic (exact) mass is 167 g/mol. The molecule has 1 aliphatic carbocycles. The van der Waals surface area contributed by atoms with Crippen molar-refractivity contribution in [1.82, 2.24) is 0 Å². The van der Waals surface area contributed by atoms with Crippen molar-refractivity contribution in [1.29, 1.82) is 0 Å². The fraction of sp³-hybridized carbons (Fsp3) is 0.818. The highest BCUT2D eigenvalue weighted by molar-refractivity contribution is 5.05. The van der Waals surface area contributed by atoms with Crippen LogP contribution in [0.3, 0.4) is 0 Å². The Hall–Kier alpha value is -0.300. The normalized spacial score (nSPS) is 41.7. The zero-order valence-electron chi connectivity index (χ0n) is 8.46. The first-order valence-corrected chi connectivity index (χ1v) is 5.14. The van der Waals surface area contributed by atoms with Crippen LogP contribution in [0.4, 0.5) is 0 Å². The summed E-state index contributed by atoms with van der Waals surface area (Å²) in [5.41, 5.74) is 6.15. The molecule has 0 radical (unpaired) electrons. The second-order valence-electron chi connectivity index (χ2n) is 3.97. The van der Waals surface area contributed by atoms with Crippen molar-refractivity contribution in [3.63, 3.8) is 0 Å². The van der Waals surface area contributed by atoms with E-state index in [4.69, 9.17) is 5.73 Å². The molecule has 0 aliphatic heterocycles. The second kappa shape index (κ2) is 4.08. The molecule has 0 aromatic rings. The van der Waals surface area contributed by atoms with Crippen molar-refractivity contribution in [2.45, 2.75) is 39.7 Å². The van der Waals surface area contributed by atoms with Crippen molar-refractivity contribution in [2.75, 3.05) is 0 Å². The predicted octanol–water partition coefficient (Wildman–Crippen LogP) is 2.57. The summed E-state index contributed by atoms with van der Waals surface area (Å²) in [4.78, 5) is 0. The van der Waals surface area contributed by atoms with Crippen LogP contribution in [0.1, 0.15) is 33.6 Å². The van der Waals surface area contributed by atoms with Crippen molar-refractivity contribution in [3.8, 4) is 0 Å². The Morgan fingerprint density at radius 3 is 2.33 bits per heavy atom. The zero-order chi connectivity index (χ0) is 9.14. The Balaban J connectivity index is 2.72. The van der Waals surface area contributed by atoms with Crippen LogP contribution in [0, 0.1) is 17.8 Å². The van der Waals surface area contributed by atoms with Crippen LogP contribution < -0.4 is 5.73 Å². The van der Waals surface area contributed by atoms with Gasteiger partial charge in [0.05, 0.1) is 0 Å². The lowest BCUT2D eigenvalue weighted by atomic mass is 9.74. The van der Waals surface area contributed by atoms with Crippen molar-refractivity contribution < 1.29 is 0 Å². The van der Waals surface area contributed by atoms with Crippen LogP contribution in [0.15, 0.2) is 12.2 Å². The van der Waals surface area contributed by atoms with Gasteiger partial charge in [0.15, 0.2) is 0 Å². The molecule has 12 heavy (non-hydrogen) atoms. The molecule has 0 saturated carbocycles. The maximum atomic E-state index is 6.15. The van der Waals surface area contributed by atoms with E-state index in [1.54, 1.807) is 0 Å². The maximum Gasteiger partial charge on any atom is 0.0133 e. The molecule has 70 valence electrons. The smallest absolute Gasteiger partial charge is 0.0133 e. The topological polar surface area (TPSA) is 26.0 Å². The number of hydrogen-bond acceptors (Lipinski definition) is 1. The van der Waals surface area contributed by atoms with Crippen molar-refractivity contribution in [2.24, 2.45) is 23.5 Å². The quantitative estimate of drug-likeness (QED) is 0.628. The van der Waals surface area contributed by atoms with Gasteiger partial charge in [-0.3, -0.25) is 0 Å². The molecule has 0 aromatic carbocycles. The summed E-state index contributed by atoms with van der Waals surface area (Å²) in [6, 6.07) is 0.380. The molecule has 1 heteroatoms. The molecule has 2 N–H and O–H groups in total. The van der Waals surface area contributed by atoms with Gasteiger partial charge in [0, 0.05) is 6.04 Å². The van der Waals surface area contributed by atoms with Gasteiger partial charge in [0.2, 0.25) is 0 Å². The summed E-state index contributed by atoms with van der Waals surface area (Å²) in [5.74, 6) is 1.99. The second-order valence-corrected chi connectivity index (χ2v) is 3.97. The van der Waals surface area contributed by atoms with Crippen LogP contribution in [0.2, 0.25) is 0 Å². The summed E-state index contributed by atoms with van der Waals surface area (Å²) in [6.45, 7) is 6.72. The molecule has 4 atom stereocenters. The predicted molar refractivity (Wildman–Crippen MR) is 53.8 cm³/mol. The summed E-state index contributed by atoms with van der Waals surface area (Å²) in [5, 5.41) is 0. The molecular formula is C11H21N. The van der Waals surface area contributed by atoms with Gasteiger partial charge in [0.25, 0.3) is 0 Å². The van der Waals surface area contributed by atoms with Crippen LogP contribution in [-0.2, 0) is 0 Å². The molecule has 0 fully saturated rings. The van der Waals surface area contributed by atoms with Crippen LogP contribution in [-0.4, -0.2) is 6.04 Å². The Kier molecular flexibility index (Phi) is 3.33. The van der Waals surface area contributed by atoms with E-state index in [2.05, 4.69) is 32.9 Å². The molecule has 4 unspecified atom stereocenters. The summed E-state index contributed by atoms with van der Waals surface area (Å²) in [7, 11) is 0. The lowest BCUT2D eigenvalue weighted by Gasteiger charge is -2.35. The average Bonchev–Trinajstić information content (AvgIpc) is 2.09. The molecule has 0 saturated heterocycles. The highest BCUT2D eigenvalue weighted by Gasteiger charge is 2.29. The fourth-order valence-electron chi connectivity index (χ4n) is 2.28. The van der Waals surface area contributed by atoms with Gasteiger partial charge in [-0.05, 0) is 24.2 Å². The third-order valence-electron chi connectivity index (χ3n) is 3.26. The Labute approximate surface area is 76.0 Å². The minimum absolute atomic E-state index is 0.380. The lowest BCUT2D eigenvalue weighted by molar-refractivity contribution is 0.257. The Morgan fingerprint density at radius 1 is 1.17 bits per heavy atom. The number of nitrogens with two attached hydrogens (primary N) is 1. The van der Waals surface area contributed by atoms with Gasteiger partial charge >= 0.3 is 0 Å². The third-order valence-corrected chi connectivity index (χ3v) is 3.26. The van der Waals surface area contributed by atoms with Crippen LogP contribution in [0.5, 0.6) is 0 Å². The van der Waals surface area contributed by atoms with Gasteiger partial charge in [-0.2, -0.15) is 0 Å². The van der Waals surface area contributed by atoms with Gasteiger partial charge in [-0.15, -0.1) is 0 Å². The summed E-state index contributed by atoms with van der Waals surface area (Å²) in [6.07, 6.45) is 7.09. The van der Waals surface area contributed by atoms with Crippen LogP contribution >= 0.6 is 0 Å². The first-order chi connectivity index (χ1) is 5.70. The molecule has 0 bridgehead atoms. The van der Waals surface area contributed by atoms with Gasteiger partial charge in [0.1, 0.15) is 0 Å². The van der Waals surface area contributed by atoms with Crippen molar-refractivity contribution >= 4 is 0 Å². The van der Waals surface area contributed by atoms with E-state index >= 15 is 0 Å². The SMILES string of the molecule is CCC1C=CC(C)C(N)C1CC. The van der Waals surface area contributed by atoms with Gasteiger partial charge in [-0.1, -0.05) is 39.3 Å². The zero-order valence-corrected chi connectivity index (χ0v) is 8.46. The van der Waals surface area contributed by atoms with Crippen LogP contribution in [0.25, 0.3) is 0 Å². The first kappa shape index (κ1) is 9.79. The Bertz CT molecular complexity index is 162. The minimum Gasteiger partial charge on any atom is -0.327 e. The van der Waals surface area contributed by atoms with E-state index in [1.165, 1.54) is 12.8 Å². The maximum absolute atomic E-state index is 6.15. The average molecular weight is 167 g/mol. The van der Waals surface area contributed by atoms with Crippen molar-refractivity contribution in [3.05, 3.63) is 12.2 Å². The molecule has 1 aliphatic rings. The van der Waals surface area contributed by atoms with E-state index in [9.17, 15) is 0 Å². The van der Waals surface area contributed by atoms with E-state index in [0.717, 1.165) is 5.92 Å². The fourth-order valence-corrected chi connectivity index (χ4v) is 2.28. The van der Waals surface area contributed by atoms with E-state index in [-0.39, 0.29) is 0 Å². The molecule has 0 spiro atoms. The number of allylic oxidation sites excluding steroid dienone is 1.